The number of hydrogen-bond acceptors (Lipinski definition) is 2. The highest BCUT2D eigenvalue weighted by molar-refractivity contribution is 5.67. The Morgan fingerprint density at radius 3 is 2.37 bits per heavy atom. The van der Waals surface area contributed by atoms with Crippen molar-refractivity contribution in [3.63, 3.8) is 0 Å². The van der Waals surface area contributed by atoms with Gasteiger partial charge in [-0.05, 0) is 89.6 Å². The predicted molar refractivity (Wildman–Crippen MR) is 125 cm³/mol. The minimum absolute atomic E-state index is 0.140. The monoisotopic (exact) mass is 396 g/mol. The van der Waals surface area contributed by atoms with Crippen molar-refractivity contribution in [3.05, 3.63) is 93.8 Å². The van der Waals surface area contributed by atoms with Gasteiger partial charge in [0.2, 0.25) is 0 Å². The summed E-state index contributed by atoms with van der Waals surface area (Å²) in [5, 5.41) is 3.78. The SMILES string of the molecule is Cc1cccc2c1[C@@]1(CC2)CCc2cccc(NCc3cc(C(C)(C)C)ccn3)c21. The van der Waals surface area contributed by atoms with Gasteiger partial charge in [-0.2, -0.15) is 0 Å². The number of nitrogens with zero attached hydrogens (tertiary/aromatic N) is 1. The van der Waals surface area contributed by atoms with E-state index in [1.807, 2.05) is 6.20 Å². The second-order valence-electron chi connectivity index (χ2n) is 10.2. The highest BCUT2D eigenvalue weighted by Crippen LogP contribution is 2.55. The van der Waals surface area contributed by atoms with Crippen molar-refractivity contribution in [2.24, 2.45) is 0 Å². The van der Waals surface area contributed by atoms with Gasteiger partial charge in [0.25, 0.3) is 0 Å². The third kappa shape index (κ3) is 3.05. The van der Waals surface area contributed by atoms with E-state index >= 15 is 0 Å². The maximum atomic E-state index is 4.64. The Hall–Kier alpha value is -2.61. The van der Waals surface area contributed by atoms with Crippen molar-refractivity contribution >= 4 is 5.69 Å². The van der Waals surface area contributed by atoms with E-state index in [1.165, 1.54) is 48.1 Å². The van der Waals surface area contributed by atoms with Gasteiger partial charge in [-0.25, -0.2) is 0 Å². The summed E-state index contributed by atoms with van der Waals surface area (Å²) in [4.78, 5) is 4.64. The Morgan fingerprint density at radius 1 is 0.933 bits per heavy atom. The number of hydrogen-bond donors (Lipinski definition) is 1. The van der Waals surface area contributed by atoms with Crippen molar-refractivity contribution in [1.29, 1.82) is 0 Å². The first-order chi connectivity index (χ1) is 14.4. The van der Waals surface area contributed by atoms with Crippen molar-refractivity contribution in [3.8, 4) is 0 Å². The zero-order valence-electron chi connectivity index (χ0n) is 18.7. The molecule has 0 unspecified atom stereocenters. The molecule has 0 saturated heterocycles. The molecule has 1 atom stereocenters. The lowest BCUT2D eigenvalue weighted by atomic mass is 9.74. The number of benzene rings is 2. The maximum Gasteiger partial charge on any atom is 0.0597 e. The summed E-state index contributed by atoms with van der Waals surface area (Å²) < 4.78 is 0. The summed E-state index contributed by atoms with van der Waals surface area (Å²) >= 11 is 0. The largest absolute Gasteiger partial charge is 0.379 e. The van der Waals surface area contributed by atoms with Gasteiger partial charge in [0, 0.05) is 17.3 Å². The molecule has 2 aliphatic rings. The molecule has 0 fully saturated rings. The molecule has 2 nitrogen and oxygen atoms in total. The molecule has 3 aromatic rings. The first kappa shape index (κ1) is 19.4. The quantitative estimate of drug-likeness (QED) is 0.548. The van der Waals surface area contributed by atoms with E-state index < -0.39 is 0 Å². The smallest absolute Gasteiger partial charge is 0.0597 e. The topological polar surface area (TPSA) is 24.9 Å². The molecule has 0 saturated carbocycles. The zero-order valence-corrected chi connectivity index (χ0v) is 18.7. The van der Waals surface area contributed by atoms with E-state index in [4.69, 9.17) is 0 Å². The molecular formula is C28H32N2. The minimum Gasteiger partial charge on any atom is -0.379 e. The van der Waals surface area contributed by atoms with Crippen LogP contribution in [0.5, 0.6) is 0 Å². The van der Waals surface area contributed by atoms with Gasteiger partial charge in [-0.3, -0.25) is 4.98 Å². The summed E-state index contributed by atoms with van der Waals surface area (Å²) in [6.45, 7) is 9.83. The number of aromatic nitrogens is 1. The summed E-state index contributed by atoms with van der Waals surface area (Å²) in [7, 11) is 0. The highest BCUT2D eigenvalue weighted by Gasteiger charge is 2.46. The Bertz CT molecular complexity index is 1100. The molecule has 1 N–H and O–H groups in total. The average Bonchev–Trinajstić information content (AvgIpc) is 3.29. The van der Waals surface area contributed by atoms with Crippen LogP contribution in [0.1, 0.15) is 72.7 Å². The number of rotatable bonds is 3. The third-order valence-electron chi connectivity index (χ3n) is 7.25. The second kappa shape index (κ2) is 6.97. The Balaban J connectivity index is 1.51. The first-order valence-electron chi connectivity index (χ1n) is 11.3. The summed E-state index contributed by atoms with van der Waals surface area (Å²) in [6.07, 6.45) is 6.79. The Labute approximate surface area is 180 Å². The van der Waals surface area contributed by atoms with Gasteiger partial charge >= 0.3 is 0 Å². The van der Waals surface area contributed by atoms with Crippen LogP contribution in [0.2, 0.25) is 0 Å². The lowest BCUT2D eigenvalue weighted by Crippen LogP contribution is -2.24. The number of pyridine rings is 1. The van der Waals surface area contributed by atoms with Crippen LogP contribution in [0.25, 0.3) is 0 Å². The number of nitrogens with one attached hydrogen (secondary N) is 1. The Kier molecular flexibility index (Phi) is 4.50. The van der Waals surface area contributed by atoms with E-state index in [0.29, 0.717) is 0 Å². The fourth-order valence-corrected chi connectivity index (χ4v) is 5.82. The van der Waals surface area contributed by atoms with E-state index in [2.05, 4.69) is 86.5 Å². The van der Waals surface area contributed by atoms with E-state index in [9.17, 15) is 0 Å². The van der Waals surface area contributed by atoms with Gasteiger partial charge in [0.1, 0.15) is 0 Å². The fourth-order valence-electron chi connectivity index (χ4n) is 5.82. The van der Waals surface area contributed by atoms with Gasteiger partial charge in [-0.15, -0.1) is 0 Å². The van der Waals surface area contributed by atoms with Crippen LogP contribution >= 0.6 is 0 Å². The second-order valence-corrected chi connectivity index (χ2v) is 10.2. The van der Waals surface area contributed by atoms with Crippen LogP contribution in [0.3, 0.4) is 0 Å². The first-order valence-corrected chi connectivity index (χ1v) is 11.3. The van der Waals surface area contributed by atoms with E-state index in [-0.39, 0.29) is 10.8 Å². The summed E-state index contributed by atoms with van der Waals surface area (Å²) in [5.74, 6) is 0. The lowest BCUT2D eigenvalue weighted by Gasteiger charge is -2.30. The van der Waals surface area contributed by atoms with E-state index in [1.54, 1.807) is 16.7 Å². The molecule has 0 radical (unpaired) electrons. The van der Waals surface area contributed by atoms with Gasteiger partial charge in [-0.1, -0.05) is 51.1 Å². The average molecular weight is 397 g/mol. The summed E-state index contributed by atoms with van der Waals surface area (Å²) in [5.41, 5.74) is 11.7. The van der Waals surface area contributed by atoms with Gasteiger partial charge in [0.05, 0.1) is 12.2 Å². The van der Waals surface area contributed by atoms with Crippen LogP contribution in [-0.4, -0.2) is 4.98 Å². The molecule has 30 heavy (non-hydrogen) atoms. The van der Waals surface area contributed by atoms with Gasteiger partial charge in [0.15, 0.2) is 0 Å². The van der Waals surface area contributed by atoms with Crippen LogP contribution in [0.4, 0.5) is 5.69 Å². The normalized spacial score (nSPS) is 19.7. The van der Waals surface area contributed by atoms with Crippen LogP contribution in [0.15, 0.2) is 54.7 Å². The van der Waals surface area contributed by atoms with Crippen LogP contribution < -0.4 is 5.32 Å². The molecule has 1 aromatic heterocycles. The molecular weight excluding hydrogens is 364 g/mol. The minimum atomic E-state index is 0.140. The standard InChI is InChI=1S/C28H32N2/c1-19-7-5-8-20-11-14-28(25(19)20)15-12-21-9-6-10-24(26(21)28)30-18-23-17-22(13-16-29-23)27(2,3)4/h5-10,13,16-17,30H,11-12,14-15,18H2,1-4H3/t28-/m1/s1. The molecule has 0 bridgehead atoms. The lowest BCUT2D eigenvalue weighted by molar-refractivity contribution is 0.506. The molecule has 5 rings (SSSR count). The Morgan fingerprint density at radius 2 is 1.63 bits per heavy atom. The molecule has 154 valence electrons. The van der Waals surface area contributed by atoms with Crippen LogP contribution in [-0.2, 0) is 30.2 Å². The molecule has 2 heteroatoms. The molecule has 0 aliphatic heterocycles. The van der Waals surface area contributed by atoms with Crippen LogP contribution in [0, 0.1) is 6.92 Å². The summed E-state index contributed by atoms with van der Waals surface area (Å²) in [6, 6.07) is 18.1. The molecule has 2 aliphatic carbocycles. The number of anilines is 1. The van der Waals surface area contributed by atoms with Crippen molar-refractivity contribution in [2.75, 3.05) is 5.32 Å². The number of fused-ring (bicyclic) bond motifs is 4. The molecule has 1 spiro atoms. The predicted octanol–water partition coefficient (Wildman–Crippen LogP) is 6.48. The maximum absolute atomic E-state index is 4.64. The van der Waals surface area contributed by atoms with Gasteiger partial charge < -0.3 is 5.32 Å². The molecule has 0 amide bonds. The van der Waals surface area contributed by atoms with Crippen molar-refractivity contribution in [1.82, 2.24) is 4.98 Å². The number of aryl methyl sites for hydroxylation is 3. The van der Waals surface area contributed by atoms with Crippen molar-refractivity contribution < 1.29 is 0 Å². The molecule has 1 heterocycles. The third-order valence-corrected chi connectivity index (χ3v) is 7.25. The zero-order chi connectivity index (χ0) is 20.9. The molecule has 2 aromatic carbocycles. The fraction of sp³-hybridized carbons (Fsp3) is 0.393. The highest BCUT2D eigenvalue weighted by atomic mass is 14.9. The van der Waals surface area contributed by atoms with E-state index in [0.717, 1.165) is 12.2 Å². The van der Waals surface area contributed by atoms with Crippen molar-refractivity contribution in [2.45, 2.75) is 70.8 Å².